The second-order valence-corrected chi connectivity index (χ2v) is 7.10. The molecular weight excluding hydrogens is 481 g/mol. The van der Waals surface area contributed by atoms with Gasteiger partial charge < -0.3 is 24.4 Å². The highest BCUT2D eigenvalue weighted by atomic mass is 127. The molecule has 1 heterocycles. The Kier molecular flexibility index (Phi) is 10.6. The molecule has 1 N–H and O–H groups in total. The van der Waals surface area contributed by atoms with Gasteiger partial charge in [0.25, 0.3) is 0 Å². The van der Waals surface area contributed by atoms with Crippen molar-refractivity contribution in [2.75, 3.05) is 53.2 Å². The maximum Gasteiger partial charge on any atom is 0.243 e. The van der Waals surface area contributed by atoms with Crippen LogP contribution in [0.25, 0.3) is 0 Å². The smallest absolute Gasteiger partial charge is 0.243 e. The largest absolute Gasteiger partial charge is 0.469 e. The molecule has 0 aliphatic carbocycles. The number of rotatable bonds is 8. The van der Waals surface area contributed by atoms with E-state index in [1.54, 1.807) is 25.3 Å². The van der Waals surface area contributed by atoms with Crippen LogP contribution in [0.1, 0.15) is 11.3 Å². The van der Waals surface area contributed by atoms with Gasteiger partial charge >= 0.3 is 0 Å². The summed E-state index contributed by atoms with van der Waals surface area (Å²) >= 11 is 0. The normalized spacial score (nSPS) is 10.9. The number of aliphatic imine (C=N–C) groups is 1. The van der Waals surface area contributed by atoms with E-state index >= 15 is 0 Å². The van der Waals surface area contributed by atoms with Crippen molar-refractivity contribution in [1.82, 2.24) is 15.1 Å². The van der Waals surface area contributed by atoms with Crippen LogP contribution in [-0.4, -0.2) is 70.0 Å². The van der Waals surface area contributed by atoms with E-state index in [9.17, 15) is 4.79 Å². The Balaban J connectivity index is 0.00000420. The second kappa shape index (κ2) is 12.4. The minimum atomic E-state index is -0.0339. The van der Waals surface area contributed by atoms with Gasteiger partial charge in [-0.1, -0.05) is 12.1 Å². The molecule has 1 aromatic heterocycles. The summed E-state index contributed by atoms with van der Waals surface area (Å²) in [5, 5.41) is 3.34. The van der Waals surface area contributed by atoms with Gasteiger partial charge in [-0.05, 0) is 29.8 Å². The molecule has 2 aromatic rings. The van der Waals surface area contributed by atoms with E-state index < -0.39 is 0 Å². The summed E-state index contributed by atoms with van der Waals surface area (Å²) in [7, 11) is 9.50. The van der Waals surface area contributed by atoms with E-state index in [2.05, 4.69) is 39.5 Å². The maximum atomic E-state index is 12.0. The molecule has 0 fully saturated rings. The summed E-state index contributed by atoms with van der Waals surface area (Å²) in [4.78, 5) is 22.1. The van der Waals surface area contributed by atoms with Crippen LogP contribution >= 0.6 is 24.0 Å². The molecule has 29 heavy (non-hydrogen) atoms. The minimum absolute atomic E-state index is 0. The Hall–Kier alpha value is -2.23. The Morgan fingerprint density at radius 3 is 2.48 bits per heavy atom. The second-order valence-electron chi connectivity index (χ2n) is 7.10. The first-order chi connectivity index (χ1) is 13.4. The number of amides is 1. The molecule has 2 rings (SSSR count). The number of nitrogens with zero attached hydrogens (tertiary/aromatic N) is 4. The van der Waals surface area contributed by atoms with Crippen LogP contribution in [0.2, 0.25) is 0 Å². The van der Waals surface area contributed by atoms with Gasteiger partial charge in [0.2, 0.25) is 5.91 Å². The fourth-order valence-corrected chi connectivity index (χ4v) is 2.63. The number of guanidine groups is 1. The van der Waals surface area contributed by atoms with E-state index in [4.69, 9.17) is 4.42 Å². The minimum Gasteiger partial charge on any atom is -0.469 e. The Morgan fingerprint density at radius 1 is 1.10 bits per heavy atom. The standard InChI is InChI=1S/C21H31N5O2.HI/c1-24(2)18-9-6-8-17(14-18)16-26(5)21(23-15-20(27)25(3)4)22-12-11-19-10-7-13-28-19;/h6-10,13-14H,11-12,15-16H2,1-5H3,(H,22,23);1H. The summed E-state index contributed by atoms with van der Waals surface area (Å²) in [6.45, 7) is 1.47. The van der Waals surface area contributed by atoms with E-state index in [1.165, 1.54) is 5.56 Å². The van der Waals surface area contributed by atoms with E-state index in [1.807, 2.05) is 38.2 Å². The fraction of sp³-hybridized carbons (Fsp3) is 0.429. The van der Waals surface area contributed by atoms with Crippen LogP contribution in [0.5, 0.6) is 0 Å². The zero-order chi connectivity index (χ0) is 20.5. The summed E-state index contributed by atoms with van der Waals surface area (Å²) in [6, 6.07) is 12.2. The van der Waals surface area contributed by atoms with Gasteiger partial charge in [-0.25, -0.2) is 4.99 Å². The third-order valence-electron chi connectivity index (χ3n) is 4.31. The van der Waals surface area contributed by atoms with Crippen molar-refractivity contribution < 1.29 is 9.21 Å². The third kappa shape index (κ3) is 8.35. The topological polar surface area (TPSA) is 64.3 Å². The number of carbonyl (C=O) groups is 1. The van der Waals surface area contributed by atoms with Gasteiger partial charge in [-0.3, -0.25) is 4.79 Å². The molecule has 0 radical (unpaired) electrons. The van der Waals surface area contributed by atoms with Crippen molar-refractivity contribution in [1.29, 1.82) is 0 Å². The number of carbonyl (C=O) groups excluding carboxylic acids is 1. The molecule has 0 spiro atoms. The highest BCUT2D eigenvalue weighted by Crippen LogP contribution is 2.14. The number of nitrogens with one attached hydrogen (secondary N) is 1. The molecule has 0 saturated heterocycles. The Bertz CT molecular complexity index is 775. The van der Waals surface area contributed by atoms with Crippen LogP contribution < -0.4 is 10.2 Å². The predicted molar refractivity (Wildman–Crippen MR) is 129 cm³/mol. The van der Waals surface area contributed by atoms with Crippen molar-refractivity contribution in [3.05, 3.63) is 54.0 Å². The van der Waals surface area contributed by atoms with Crippen LogP contribution in [0, 0.1) is 0 Å². The van der Waals surface area contributed by atoms with Gasteiger partial charge in [0.15, 0.2) is 5.96 Å². The van der Waals surface area contributed by atoms with E-state index in [-0.39, 0.29) is 36.4 Å². The van der Waals surface area contributed by atoms with Gasteiger partial charge in [0, 0.05) is 60.4 Å². The highest BCUT2D eigenvalue weighted by molar-refractivity contribution is 14.0. The van der Waals surface area contributed by atoms with Crippen LogP contribution in [-0.2, 0) is 17.8 Å². The van der Waals surface area contributed by atoms with Crippen molar-refractivity contribution in [3.63, 3.8) is 0 Å². The first-order valence-corrected chi connectivity index (χ1v) is 9.35. The number of anilines is 1. The quantitative estimate of drug-likeness (QED) is 0.334. The summed E-state index contributed by atoms with van der Waals surface area (Å²) in [5.41, 5.74) is 2.33. The lowest BCUT2D eigenvalue weighted by Gasteiger charge is -2.23. The molecule has 0 aliphatic rings. The molecule has 7 nitrogen and oxygen atoms in total. The predicted octanol–water partition coefficient (Wildman–Crippen LogP) is 2.67. The molecule has 0 saturated carbocycles. The monoisotopic (exact) mass is 513 g/mol. The summed E-state index contributed by atoms with van der Waals surface area (Å²) < 4.78 is 5.38. The Morgan fingerprint density at radius 2 is 1.86 bits per heavy atom. The molecule has 160 valence electrons. The number of hydrogen-bond acceptors (Lipinski definition) is 4. The third-order valence-corrected chi connectivity index (χ3v) is 4.31. The lowest BCUT2D eigenvalue weighted by atomic mass is 10.2. The average Bonchev–Trinajstić information content (AvgIpc) is 3.17. The molecule has 1 aromatic carbocycles. The number of hydrogen-bond donors (Lipinski definition) is 1. The number of halogens is 1. The highest BCUT2D eigenvalue weighted by Gasteiger charge is 2.10. The number of likely N-dealkylation sites (N-methyl/N-ethyl adjacent to an activating group) is 1. The van der Waals surface area contributed by atoms with Crippen molar-refractivity contribution in [3.8, 4) is 0 Å². The van der Waals surface area contributed by atoms with Gasteiger partial charge in [0.1, 0.15) is 12.3 Å². The molecular formula is C21H32IN5O2. The molecule has 0 atom stereocenters. The molecule has 8 heteroatoms. The van der Waals surface area contributed by atoms with Gasteiger partial charge in [0.05, 0.1) is 6.26 Å². The molecule has 0 unspecified atom stereocenters. The number of benzene rings is 1. The van der Waals surface area contributed by atoms with Gasteiger partial charge in [-0.2, -0.15) is 0 Å². The van der Waals surface area contributed by atoms with Crippen LogP contribution in [0.3, 0.4) is 0 Å². The van der Waals surface area contributed by atoms with Crippen LogP contribution in [0.15, 0.2) is 52.1 Å². The van der Waals surface area contributed by atoms with E-state index in [0.717, 1.165) is 17.9 Å². The van der Waals surface area contributed by atoms with Crippen LogP contribution in [0.4, 0.5) is 5.69 Å². The number of furan rings is 1. The van der Waals surface area contributed by atoms with Crippen molar-refractivity contribution in [2.45, 2.75) is 13.0 Å². The SMILES string of the molecule is CN(C)C(=O)CN=C(NCCc1ccco1)N(C)Cc1cccc(N(C)C)c1.I. The summed E-state index contributed by atoms with van der Waals surface area (Å²) in [5.74, 6) is 1.57. The molecule has 0 aliphatic heterocycles. The fourth-order valence-electron chi connectivity index (χ4n) is 2.63. The average molecular weight is 513 g/mol. The van der Waals surface area contributed by atoms with Crippen molar-refractivity contribution >= 4 is 41.5 Å². The van der Waals surface area contributed by atoms with Crippen molar-refractivity contribution in [2.24, 2.45) is 4.99 Å². The molecule has 1 amide bonds. The Labute approximate surface area is 190 Å². The zero-order valence-electron chi connectivity index (χ0n) is 17.9. The lowest BCUT2D eigenvalue weighted by Crippen LogP contribution is -2.40. The first-order valence-electron chi connectivity index (χ1n) is 9.35. The first kappa shape index (κ1) is 24.8. The lowest BCUT2D eigenvalue weighted by molar-refractivity contribution is -0.127. The zero-order valence-corrected chi connectivity index (χ0v) is 20.2. The molecule has 0 bridgehead atoms. The maximum absolute atomic E-state index is 12.0. The van der Waals surface area contributed by atoms with E-state index in [0.29, 0.717) is 19.0 Å². The van der Waals surface area contributed by atoms with Gasteiger partial charge in [-0.15, -0.1) is 24.0 Å². The summed E-state index contributed by atoms with van der Waals surface area (Å²) in [6.07, 6.45) is 2.42.